The lowest BCUT2D eigenvalue weighted by Gasteiger charge is -2.09. The summed E-state index contributed by atoms with van der Waals surface area (Å²) in [5.41, 5.74) is 1.09. The molecular formula is C15H23ClN2O2. The average Bonchev–Trinajstić information content (AvgIpc) is 3.26. The number of hydrogen-bond acceptors (Lipinski definition) is 4. The first-order chi connectivity index (χ1) is 9.79. The molecule has 20 heavy (non-hydrogen) atoms. The van der Waals surface area contributed by atoms with E-state index in [0.717, 1.165) is 31.6 Å². The van der Waals surface area contributed by atoms with E-state index in [1.54, 1.807) is 0 Å². The average molecular weight is 299 g/mol. The van der Waals surface area contributed by atoms with Crippen molar-refractivity contribution in [1.82, 2.24) is 10.3 Å². The molecule has 1 aromatic rings. The predicted molar refractivity (Wildman–Crippen MR) is 80.3 cm³/mol. The van der Waals surface area contributed by atoms with Gasteiger partial charge >= 0.3 is 0 Å². The van der Waals surface area contributed by atoms with E-state index in [4.69, 9.17) is 21.1 Å². The van der Waals surface area contributed by atoms with E-state index in [2.05, 4.69) is 17.2 Å². The van der Waals surface area contributed by atoms with Gasteiger partial charge in [-0.1, -0.05) is 24.9 Å². The second-order valence-corrected chi connectivity index (χ2v) is 5.51. The Kier molecular flexibility index (Phi) is 6.57. The zero-order chi connectivity index (χ0) is 14.2. The third kappa shape index (κ3) is 5.65. The summed E-state index contributed by atoms with van der Waals surface area (Å²) in [7, 11) is 0. The van der Waals surface area contributed by atoms with E-state index in [1.165, 1.54) is 12.8 Å². The van der Waals surface area contributed by atoms with E-state index >= 15 is 0 Å². The fraction of sp³-hybridized carbons (Fsp3) is 0.667. The molecule has 0 atom stereocenters. The maximum absolute atomic E-state index is 6.17. The molecule has 112 valence electrons. The van der Waals surface area contributed by atoms with Crippen molar-refractivity contribution < 1.29 is 9.47 Å². The fourth-order valence-electron chi connectivity index (χ4n) is 1.76. The maximum Gasteiger partial charge on any atom is 0.232 e. The summed E-state index contributed by atoms with van der Waals surface area (Å²) >= 11 is 6.17. The number of rotatable bonds is 10. The number of pyridine rings is 1. The third-order valence-electron chi connectivity index (χ3n) is 3.14. The highest BCUT2D eigenvalue weighted by molar-refractivity contribution is 6.31. The van der Waals surface area contributed by atoms with Crippen molar-refractivity contribution >= 4 is 11.6 Å². The molecule has 0 spiro atoms. The van der Waals surface area contributed by atoms with Crippen molar-refractivity contribution in [2.75, 3.05) is 19.8 Å². The molecule has 1 fully saturated rings. The molecule has 0 radical (unpaired) electrons. The Balaban J connectivity index is 1.68. The van der Waals surface area contributed by atoms with E-state index < -0.39 is 0 Å². The first-order valence-corrected chi connectivity index (χ1v) is 7.75. The standard InChI is InChI=1S/C15H23ClN2O2/c1-2-3-6-19-7-8-20-15-14(16)9-12(11-18-15)10-17-13-4-5-13/h9,11,13,17H,2-8,10H2,1H3. The zero-order valence-electron chi connectivity index (χ0n) is 12.0. The number of ether oxygens (including phenoxy) is 2. The Labute approximate surface area is 125 Å². The number of unbranched alkanes of at least 4 members (excludes halogenated alkanes) is 1. The van der Waals surface area contributed by atoms with Gasteiger partial charge in [-0.25, -0.2) is 4.98 Å². The van der Waals surface area contributed by atoms with Crippen LogP contribution < -0.4 is 10.1 Å². The minimum atomic E-state index is 0.482. The van der Waals surface area contributed by atoms with Crippen LogP contribution >= 0.6 is 11.6 Å². The van der Waals surface area contributed by atoms with Gasteiger partial charge in [0.05, 0.1) is 6.61 Å². The van der Waals surface area contributed by atoms with E-state index in [1.807, 2.05) is 12.3 Å². The summed E-state index contributed by atoms with van der Waals surface area (Å²) in [4.78, 5) is 4.26. The van der Waals surface area contributed by atoms with Crippen LogP contribution in [0.5, 0.6) is 5.88 Å². The number of halogens is 1. The Hall–Kier alpha value is -0.840. The Morgan fingerprint density at radius 2 is 2.20 bits per heavy atom. The molecule has 1 N–H and O–H groups in total. The molecule has 2 rings (SSSR count). The van der Waals surface area contributed by atoms with Crippen LogP contribution in [0.4, 0.5) is 0 Å². The molecule has 1 aliphatic rings. The van der Waals surface area contributed by atoms with E-state index in [0.29, 0.717) is 30.2 Å². The Bertz CT molecular complexity index is 411. The fourth-order valence-corrected chi connectivity index (χ4v) is 2.01. The molecule has 0 amide bonds. The van der Waals surface area contributed by atoms with Crippen LogP contribution in [0.3, 0.4) is 0 Å². The molecule has 1 aromatic heterocycles. The molecule has 0 aliphatic heterocycles. The maximum atomic E-state index is 6.17. The molecular weight excluding hydrogens is 276 g/mol. The second kappa shape index (κ2) is 8.45. The van der Waals surface area contributed by atoms with Crippen molar-refractivity contribution in [1.29, 1.82) is 0 Å². The molecule has 4 nitrogen and oxygen atoms in total. The highest BCUT2D eigenvalue weighted by Crippen LogP contribution is 2.23. The zero-order valence-corrected chi connectivity index (χ0v) is 12.8. The van der Waals surface area contributed by atoms with Gasteiger partial charge < -0.3 is 14.8 Å². The molecule has 0 bridgehead atoms. The molecule has 0 saturated heterocycles. The summed E-state index contributed by atoms with van der Waals surface area (Å²) in [6, 6.07) is 2.60. The van der Waals surface area contributed by atoms with Gasteiger partial charge in [0.1, 0.15) is 11.6 Å². The van der Waals surface area contributed by atoms with Gasteiger partial charge in [-0.15, -0.1) is 0 Å². The van der Waals surface area contributed by atoms with E-state index in [9.17, 15) is 0 Å². The molecule has 0 aromatic carbocycles. The first kappa shape index (κ1) is 15.5. The number of hydrogen-bond donors (Lipinski definition) is 1. The van der Waals surface area contributed by atoms with Crippen LogP contribution in [-0.2, 0) is 11.3 Å². The number of nitrogens with zero attached hydrogens (tertiary/aromatic N) is 1. The predicted octanol–water partition coefficient (Wildman–Crippen LogP) is 3.18. The van der Waals surface area contributed by atoms with Crippen molar-refractivity contribution in [3.63, 3.8) is 0 Å². The number of aromatic nitrogens is 1. The first-order valence-electron chi connectivity index (χ1n) is 7.38. The van der Waals surface area contributed by atoms with Gasteiger partial charge in [-0.05, 0) is 30.9 Å². The second-order valence-electron chi connectivity index (χ2n) is 5.10. The van der Waals surface area contributed by atoms with Gasteiger partial charge in [0.2, 0.25) is 5.88 Å². The normalized spacial score (nSPS) is 14.5. The van der Waals surface area contributed by atoms with Crippen molar-refractivity contribution in [3.05, 3.63) is 22.8 Å². The van der Waals surface area contributed by atoms with Crippen LogP contribution in [0.15, 0.2) is 12.3 Å². The monoisotopic (exact) mass is 298 g/mol. The number of nitrogens with one attached hydrogen (secondary N) is 1. The van der Waals surface area contributed by atoms with Crippen LogP contribution in [0.1, 0.15) is 38.2 Å². The molecule has 5 heteroatoms. The molecule has 1 saturated carbocycles. The quantitative estimate of drug-likeness (QED) is 0.674. The SMILES string of the molecule is CCCCOCCOc1ncc(CNC2CC2)cc1Cl. The molecule has 1 heterocycles. The van der Waals surface area contributed by atoms with Gasteiger partial charge in [0.15, 0.2) is 0 Å². The lowest BCUT2D eigenvalue weighted by Crippen LogP contribution is -2.15. The van der Waals surface area contributed by atoms with Crippen LogP contribution in [0.2, 0.25) is 5.02 Å². The van der Waals surface area contributed by atoms with E-state index in [-0.39, 0.29) is 0 Å². The minimum Gasteiger partial charge on any atom is -0.474 e. The van der Waals surface area contributed by atoms with Gasteiger partial charge in [0, 0.05) is 25.4 Å². The third-order valence-corrected chi connectivity index (χ3v) is 3.42. The van der Waals surface area contributed by atoms with Gasteiger partial charge in [-0.3, -0.25) is 0 Å². The summed E-state index contributed by atoms with van der Waals surface area (Å²) in [5.74, 6) is 0.487. The van der Waals surface area contributed by atoms with Gasteiger partial charge in [-0.2, -0.15) is 0 Å². The highest BCUT2D eigenvalue weighted by Gasteiger charge is 2.20. The van der Waals surface area contributed by atoms with Crippen molar-refractivity contribution in [3.8, 4) is 5.88 Å². The lowest BCUT2D eigenvalue weighted by atomic mass is 10.3. The van der Waals surface area contributed by atoms with Crippen molar-refractivity contribution in [2.24, 2.45) is 0 Å². The van der Waals surface area contributed by atoms with Crippen LogP contribution in [0.25, 0.3) is 0 Å². The topological polar surface area (TPSA) is 43.4 Å². The smallest absolute Gasteiger partial charge is 0.232 e. The summed E-state index contributed by atoms with van der Waals surface area (Å²) < 4.78 is 10.9. The summed E-state index contributed by atoms with van der Waals surface area (Å²) in [5, 5.41) is 4.00. The summed E-state index contributed by atoms with van der Waals surface area (Å²) in [6.07, 6.45) is 6.60. The summed E-state index contributed by atoms with van der Waals surface area (Å²) in [6.45, 7) is 4.80. The molecule has 0 unspecified atom stereocenters. The highest BCUT2D eigenvalue weighted by atomic mass is 35.5. The van der Waals surface area contributed by atoms with Crippen LogP contribution in [-0.4, -0.2) is 30.8 Å². The van der Waals surface area contributed by atoms with Crippen LogP contribution in [0, 0.1) is 0 Å². The Morgan fingerprint density at radius 3 is 2.90 bits per heavy atom. The van der Waals surface area contributed by atoms with Crippen molar-refractivity contribution in [2.45, 2.75) is 45.2 Å². The molecule has 1 aliphatic carbocycles. The minimum absolute atomic E-state index is 0.482. The Morgan fingerprint density at radius 1 is 1.35 bits per heavy atom. The van der Waals surface area contributed by atoms with Gasteiger partial charge in [0.25, 0.3) is 0 Å². The lowest BCUT2D eigenvalue weighted by molar-refractivity contribution is 0.0965. The largest absolute Gasteiger partial charge is 0.474 e.